The molecule has 0 fully saturated rings. The van der Waals surface area contributed by atoms with E-state index in [9.17, 15) is 9.18 Å². The van der Waals surface area contributed by atoms with Crippen LogP contribution in [0.4, 0.5) is 4.39 Å². The van der Waals surface area contributed by atoms with Crippen molar-refractivity contribution in [2.75, 3.05) is 0 Å². The highest BCUT2D eigenvalue weighted by molar-refractivity contribution is 5.92. The quantitative estimate of drug-likeness (QED) is 0.610. The number of carbonyl (C=O) groups excluding carboxylic acids is 1. The molecule has 6 nitrogen and oxygen atoms in total. The molecule has 4 rings (SSSR count). The second-order valence-electron chi connectivity index (χ2n) is 5.91. The lowest BCUT2D eigenvalue weighted by Gasteiger charge is -2.09. The lowest BCUT2D eigenvalue weighted by Crippen LogP contribution is -2.26. The number of benzene rings is 2. The number of nitrogens with one attached hydrogen (secondary N) is 1. The van der Waals surface area contributed by atoms with Gasteiger partial charge in [0.1, 0.15) is 17.2 Å². The smallest absolute Gasteiger partial charge is 0.274 e. The highest BCUT2D eigenvalue weighted by atomic mass is 19.1. The van der Waals surface area contributed by atoms with Gasteiger partial charge in [-0.3, -0.25) is 4.79 Å². The molecule has 0 aliphatic carbocycles. The Bertz CT molecular complexity index is 1040. The van der Waals surface area contributed by atoms with E-state index in [4.69, 9.17) is 4.42 Å². The van der Waals surface area contributed by atoms with E-state index < -0.39 is 0 Å². The predicted molar refractivity (Wildman–Crippen MR) is 93.4 cm³/mol. The molecule has 0 radical (unpaired) electrons. The number of aromatic nitrogens is 3. The number of hydrogen-bond donors (Lipinski definition) is 1. The fourth-order valence-electron chi connectivity index (χ4n) is 2.65. The summed E-state index contributed by atoms with van der Waals surface area (Å²) in [7, 11) is 0. The summed E-state index contributed by atoms with van der Waals surface area (Å²) < 4.78 is 20.2. The topological polar surface area (TPSA) is 73.0 Å². The molecule has 0 bridgehead atoms. The number of carbonyl (C=O) groups is 1. The third kappa shape index (κ3) is 3.06. The van der Waals surface area contributed by atoms with Crippen LogP contribution in [0.15, 0.2) is 65.2 Å². The van der Waals surface area contributed by atoms with Gasteiger partial charge in [-0.15, -0.1) is 5.10 Å². The molecule has 0 saturated carbocycles. The maximum absolute atomic E-state index is 13.0. The monoisotopic (exact) mass is 350 g/mol. The Morgan fingerprint density at radius 1 is 1.19 bits per heavy atom. The number of fused-ring (bicyclic) bond motifs is 1. The summed E-state index contributed by atoms with van der Waals surface area (Å²) in [5.74, 6) is -0.0525. The molecule has 130 valence electrons. The summed E-state index contributed by atoms with van der Waals surface area (Å²) in [5, 5.41) is 11.6. The van der Waals surface area contributed by atoms with E-state index in [1.807, 2.05) is 37.3 Å². The molecule has 1 N–H and O–H groups in total. The zero-order valence-corrected chi connectivity index (χ0v) is 13.9. The molecular weight excluding hydrogens is 335 g/mol. The van der Waals surface area contributed by atoms with Gasteiger partial charge in [-0.25, -0.2) is 9.07 Å². The van der Waals surface area contributed by atoms with Gasteiger partial charge in [-0.2, -0.15) is 0 Å². The van der Waals surface area contributed by atoms with E-state index in [-0.39, 0.29) is 23.5 Å². The molecule has 1 amide bonds. The van der Waals surface area contributed by atoms with E-state index in [2.05, 4.69) is 15.6 Å². The highest BCUT2D eigenvalue weighted by Crippen LogP contribution is 2.23. The first kappa shape index (κ1) is 16.0. The first-order valence-electron chi connectivity index (χ1n) is 8.08. The Balaban J connectivity index is 1.50. The Labute approximate surface area is 148 Å². The van der Waals surface area contributed by atoms with Crippen LogP contribution < -0.4 is 5.32 Å². The number of para-hydroxylation sites is 1. The van der Waals surface area contributed by atoms with Gasteiger partial charge in [0.2, 0.25) is 0 Å². The zero-order chi connectivity index (χ0) is 18.1. The minimum absolute atomic E-state index is 0.164. The molecule has 4 aromatic rings. The van der Waals surface area contributed by atoms with Crippen molar-refractivity contribution in [3.63, 3.8) is 0 Å². The average molecular weight is 350 g/mol. The first-order chi connectivity index (χ1) is 12.6. The number of furan rings is 1. The second kappa shape index (κ2) is 6.44. The fourth-order valence-corrected chi connectivity index (χ4v) is 2.65. The Morgan fingerprint density at radius 2 is 1.96 bits per heavy atom. The largest absolute Gasteiger partial charge is 0.459 e. The molecular formula is C19H15FN4O2. The van der Waals surface area contributed by atoms with Crippen LogP contribution in [0.25, 0.3) is 16.7 Å². The molecule has 2 aromatic heterocycles. The highest BCUT2D eigenvalue weighted by Gasteiger charge is 2.18. The zero-order valence-electron chi connectivity index (χ0n) is 13.9. The standard InChI is InChI=1S/C19H15FN4O2/c1-12(18-10-13-4-2-3-5-17(13)26-18)21-19(25)16-11-24(23-22-16)15-8-6-14(20)7-9-15/h2-12H,1H3,(H,21,25). The van der Waals surface area contributed by atoms with Crippen molar-refractivity contribution >= 4 is 16.9 Å². The van der Waals surface area contributed by atoms with E-state index in [1.165, 1.54) is 23.0 Å². The molecule has 0 spiro atoms. The molecule has 26 heavy (non-hydrogen) atoms. The van der Waals surface area contributed by atoms with Crippen LogP contribution in [0.3, 0.4) is 0 Å². The Kier molecular flexibility index (Phi) is 3.96. The van der Waals surface area contributed by atoms with Crippen molar-refractivity contribution in [1.82, 2.24) is 20.3 Å². The molecule has 0 saturated heterocycles. The van der Waals surface area contributed by atoms with Gasteiger partial charge in [-0.1, -0.05) is 23.4 Å². The number of nitrogens with zero attached hydrogens (tertiary/aromatic N) is 3. The molecule has 1 atom stereocenters. The van der Waals surface area contributed by atoms with E-state index in [0.717, 1.165) is 11.0 Å². The van der Waals surface area contributed by atoms with E-state index in [0.29, 0.717) is 11.4 Å². The third-order valence-electron chi connectivity index (χ3n) is 4.04. The van der Waals surface area contributed by atoms with Crippen LogP contribution in [0.5, 0.6) is 0 Å². The van der Waals surface area contributed by atoms with Crippen molar-refractivity contribution in [1.29, 1.82) is 0 Å². The second-order valence-corrected chi connectivity index (χ2v) is 5.91. The summed E-state index contributed by atoms with van der Waals surface area (Å²) in [6.07, 6.45) is 1.49. The van der Waals surface area contributed by atoms with Gasteiger partial charge in [0.05, 0.1) is 17.9 Å². The van der Waals surface area contributed by atoms with Gasteiger partial charge < -0.3 is 9.73 Å². The number of rotatable bonds is 4. The average Bonchev–Trinajstić information content (AvgIpc) is 3.29. The van der Waals surface area contributed by atoms with Crippen molar-refractivity contribution in [2.45, 2.75) is 13.0 Å². The van der Waals surface area contributed by atoms with Gasteiger partial charge in [-0.05, 0) is 43.3 Å². The van der Waals surface area contributed by atoms with Crippen LogP contribution in [-0.2, 0) is 0 Å². The lowest BCUT2D eigenvalue weighted by molar-refractivity contribution is 0.0930. The molecule has 0 aliphatic rings. The molecule has 0 aliphatic heterocycles. The molecule has 2 heterocycles. The van der Waals surface area contributed by atoms with Crippen LogP contribution in [0.1, 0.15) is 29.2 Å². The van der Waals surface area contributed by atoms with Crippen molar-refractivity contribution in [3.8, 4) is 5.69 Å². The molecule has 1 unspecified atom stereocenters. The lowest BCUT2D eigenvalue weighted by atomic mass is 10.2. The predicted octanol–water partition coefficient (Wildman–Crippen LogP) is 3.64. The van der Waals surface area contributed by atoms with Gasteiger partial charge in [0.15, 0.2) is 5.69 Å². The minimum Gasteiger partial charge on any atom is -0.459 e. The Morgan fingerprint density at radius 3 is 2.73 bits per heavy atom. The van der Waals surface area contributed by atoms with Gasteiger partial charge in [0, 0.05) is 5.39 Å². The van der Waals surface area contributed by atoms with Crippen molar-refractivity contribution < 1.29 is 13.6 Å². The number of hydrogen-bond acceptors (Lipinski definition) is 4. The summed E-state index contributed by atoms with van der Waals surface area (Å²) in [5.41, 5.74) is 1.55. The van der Waals surface area contributed by atoms with Gasteiger partial charge in [0.25, 0.3) is 5.91 Å². The van der Waals surface area contributed by atoms with Crippen molar-refractivity contribution in [3.05, 3.63) is 78.1 Å². The maximum Gasteiger partial charge on any atom is 0.274 e. The Hall–Kier alpha value is -3.48. The summed E-state index contributed by atoms with van der Waals surface area (Å²) in [6.45, 7) is 1.83. The van der Waals surface area contributed by atoms with Crippen LogP contribution in [0, 0.1) is 5.82 Å². The van der Waals surface area contributed by atoms with E-state index >= 15 is 0 Å². The summed E-state index contributed by atoms with van der Waals surface area (Å²) in [4.78, 5) is 12.4. The number of halogens is 1. The van der Waals surface area contributed by atoms with Crippen molar-refractivity contribution in [2.24, 2.45) is 0 Å². The molecule has 7 heteroatoms. The van der Waals surface area contributed by atoms with Crippen LogP contribution in [0.2, 0.25) is 0 Å². The summed E-state index contributed by atoms with van der Waals surface area (Å²) in [6, 6.07) is 15.0. The molecule has 2 aromatic carbocycles. The van der Waals surface area contributed by atoms with E-state index in [1.54, 1.807) is 12.1 Å². The summed E-state index contributed by atoms with van der Waals surface area (Å²) >= 11 is 0. The maximum atomic E-state index is 13.0. The van der Waals surface area contributed by atoms with Crippen LogP contribution >= 0.6 is 0 Å². The normalized spacial score (nSPS) is 12.2. The minimum atomic E-state index is -0.369. The van der Waals surface area contributed by atoms with Gasteiger partial charge >= 0.3 is 0 Å². The SMILES string of the molecule is CC(NC(=O)c1cn(-c2ccc(F)cc2)nn1)c1cc2ccccc2o1. The number of amides is 1. The van der Waals surface area contributed by atoms with Crippen LogP contribution in [-0.4, -0.2) is 20.9 Å². The first-order valence-corrected chi connectivity index (χ1v) is 8.08. The third-order valence-corrected chi connectivity index (χ3v) is 4.04. The fraction of sp³-hybridized carbons (Fsp3) is 0.105.